The Morgan fingerprint density at radius 1 is 0.912 bits per heavy atom. The van der Waals surface area contributed by atoms with Crippen molar-refractivity contribution in [1.82, 2.24) is 19.1 Å². The van der Waals surface area contributed by atoms with Crippen LogP contribution in [0.1, 0.15) is 0 Å². The quantitative estimate of drug-likeness (QED) is 0.214. The molecule has 0 saturated heterocycles. The van der Waals surface area contributed by atoms with Crippen molar-refractivity contribution >= 4 is 51.7 Å². The van der Waals surface area contributed by atoms with Gasteiger partial charge in [-0.15, -0.1) is 0 Å². The van der Waals surface area contributed by atoms with Crippen molar-refractivity contribution in [2.24, 2.45) is 0 Å². The molecule has 0 bridgehead atoms. The molecule has 0 aliphatic rings. The van der Waals surface area contributed by atoms with Crippen LogP contribution in [0, 0.1) is 10.1 Å². The molecule has 11 heteroatoms. The van der Waals surface area contributed by atoms with Gasteiger partial charge in [-0.1, -0.05) is 46.9 Å². The van der Waals surface area contributed by atoms with Crippen LogP contribution in [0.3, 0.4) is 0 Å². The van der Waals surface area contributed by atoms with Gasteiger partial charge in [0.05, 0.1) is 15.6 Å². The number of nitrogens with zero attached hydrogens (tertiary/aromatic N) is 5. The van der Waals surface area contributed by atoms with Crippen LogP contribution in [0.25, 0.3) is 33.9 Å². The first-order valence-electron chi connectivity index (χ1n) is 9.80. The number of para-hydroxylation sites is 2. The number of nitro benzene ring substituents is 1. The van der Waals surface area contributed by atoms with Crippen LogP contribution < -0.4 is 5.56 Å². The monoisotopic (exact) mass is 511 g/mol. The van der Waals surface area contributed by atoms with E-state index in [4.69, 9.17) is 39.8 Å². The molecule has 0 saturated carbocycles. The van der Waals surface area contributed by atoms with Gasteiger partial charge in [-0.05, 0) is 48.5 Å². The summed E-state index contributed by atoms with van der Waals surface area (Å²) in [7, 11) is 0. The van der Waals surface area contributed by atoms with E-state index in [1.165, 1.54) is 21.5 Å². The zero-order valence-electron chi connectivity index (χ0n) is 17.0. The van der Waals surface area contributed by atoms with Gasteiger partial charge in [0.1, 0.15) is 12.0 Å². The van der Waals surface area contributed by atoms with Crippen LogP contribution in [0.4, 0.5) is 5.69 Å². The Morgan fingerprint density at radius 3 is 2.32 bits per heavy atom. The summed E-state index contributed by atoms with van der Waals surface area (Å²) < 4.78 is 2.78. The molecule has 0 aliphatic heterocycles. The topological polar surface area (TPSA) is 95.8 Å². The van der Waals surface area contributed by atoms with Crippen molar-refractivity contribution in [3.63, 3.8) is 0 Å². The Hall–Kier alpha value is -3.72. The molecule has 8 nitrogen and oxygen atoms in total. The fourth-order valence-corrected chi connectivity index (χ4v) is 4.25. The normalized spacial score (nSPS) is 11.1. The lowest BCUT2D eigenvalue weighted by Crippen LogP contribution is -2.22. The summed E-state index contributed by atoms with van der Waals surface area (Å²) in [5, 5.41) is 12.8. The number of benzene rings is 3. The van der Waals surface area contributed by atoms with Crippen LogP contribution in [0.15, 0.2) is 77.9 Å². The summed E-state index contributed by atoms with van der Waals surface area (Å²) in [6.45, 7) is 0. The maximum Gasteiger partial charge on any atom is 0.293 e. The average Bonchev–Trinajstić information content (AvgIpc) is 3.24. The summed E-state index contributed by atoms with van der Waals surface area (Å²) in [6, 6.07) is 17.6. The first-order chi connectivity index (χ1) is 16.3. The van der Waals surface area contributed by atoms with E-state index < -0.39 is 10.5 Å². The molecule has 0 unspecified atom stereocenters. The fourth-order valence-electron chi connectivity index (χ4n) is 3.63. The Morgan fingerprint density at radius 2 is 1.62 bits per heavy atom. The van der Waals surface area contributed by atoms with Gasteiger partial charge in [-0.2, -0.15) is 0 Å². The highest BCUT2D eigenvalue weighted by atomic mass is 35.5. The van der Waals surface area contributed by atoms with Gasteiger partial charge in [0, 0.05) is 21.7 Å². The highest BCUT2D eigenvalue weighted by Gasteiger charge is 2.23. The van der Waals surface area contributed by atoms with Gasteiger partial charge < -0.3 is 0 Å². The summed E-state index contributed by atoms with van der Waals surface area (Å²) in [4.78, 5) is 33.7. The third-order valence-electron chi connectivity index (χ3n) is 5.17. The van der Waals surface area contributed by atoms with E-state index in [1.54, 1.807) is 60.7 Å². The molecule has 0 N–H and O–H groups in total. The third-order valence-corrected chi connectivity index (χ3v) is 5.97. The minimum atomic E-state index is -0.507. The summed E-state index contributed by atoms with van der Waals surface area (Å²) in [6.07, 6.45) is 1.33. The molecular weight excluding hydrogens is 501 g/mol. The van der Waals surface area contributed by atoms with Crippen LogP contribution in [-0.4, -0.2) is 24.0 Å². The number of hydrogen-bond acceptors (Lipinski definition) is 5. The van der Waals surface area contributed by atoms with Gasteiger partial charge in [0.2, 0.25) is 0 Å². The lowest BCUT2D eigenvalue weighted by Gasteiger charge is -2.14. The number of halogens is 3. The van der Waals surface area contributed by atoms with Crippen molar-refractivity contribution in [2.75, 3.05) is 0 Å². The van der Waals surface area contributed by atoms with Crippen LogP contribution in [0.2, 0.25) is 15.1 Å². The van der Waals surface area contributed by atoms with E-state index in [1.807, 2.05) is 0 Å². The van der Waals surface area contributed by atoms with Gasteiger partial charge in [0.15, 0.2) is 17.0 Å². The molecule has 0 spiro atoms. The Labute approximate surface area is 206 Å². The summed E-state index contributed by atoms with van der Waals surface area (Å²) >= 11 is 18.6. The van der Waals surface area contributed by atoms with E-state index in [9.17, 15) is 14.9 Å². The lowest BCUT2D eigenvalue weighted by atomic mass is 10.2. The second-order valence-electron chi connectivity index (χ2n) is 7.21. The highest BCUT2D eigenvalue weighted by Crippen LogP contribution is 2.32. The van der Waals surface area contributed by atoms with Crippen molar-refractivity contribution in [3.05, 3.63) is 109 Å². The Balaban J connectivity index is 1.88. The molecule has 168 valence electrons. The van der Waals surface area contributed by atoms with Crippen LogP contribution in [0.5, 0.6) is 0 Å². The fraction of sp³-hybridized carbons (Fsp3) is 0. The van der Waals surface area contributed by atoms with Gasteiger partial charge in [0.25, 0.3) is 11.2 Å². The van der Waals surface area contributed by atoms with Crippen LogP contribution >= 0.6 is 34.8 Å². The third kappa shape index (κ3) is 3.71. The first-order valence-corrected chi connectivity index (χ1v) is 10.9. The van der Waals surface area contributed by atoms with Crippen molar-refractivity contribution in [3.8, 4) is 22.8 Å². The number of aromatic nitrogens is 4. The molecule has 0 amide bonds. The maximum absolute atomic E-state index is 13.7. The molecule has 34 heavy (non-hydrogen) atoms. The first kappa shape index (κ1) is 22.1. The molecule has 5 rings (SSSR count). The van der Waals surface area contributed by atoms with Crippen LogP contribution in [-0.2, 0) is 0 Å². The number of fused-ring (bicyclic) bond motifs is 1. The SMILES string of the molecule is O=c1c2ncn(-c3ccccc3[N+](=O)[O-])c2nc(-c2ccc(Cl)cc2Cl)n1-c1ccc(Cl)cc1. The minimum Gasteiger partial charge on any atom is -0.276 e. The zero-order valence-corrected chi connectivity index (χ0v) is 19.3. The predicted octanol–water partition coefficient (Wildman–Crippen LogP) is 6.11. The Bertz CT molecular complexity index is 1640. The van der Waals surface area contributed by atoms with Crippen molar-refractivity contribution in [1.29, 1.82) is 0 Å². The predicted molar refractivity (Wildman–Crippen MR) is 132 cm³/mol. The lowest BCUT2D eigenvalue weighted by molar-refractivity contribution is -0.384. The zero-order chi connectivity index (χ0) is 24.0. The smallest absolute Gasteiger partial charge is 0.276 e. The molecule has 0 atom stereocenters. The maximum atomic E-state index is 13.7. The highest BCUT2D eigenvalue weighted by molar-refractivity contribution is 6.36. The van der Waals surface area contributed by atoms with E-state index in [2.05, 4.69) is 4.98 Å². The number of imidazole rings is 1. The standard InChI is InChI=1S/C23H12Cl3N5O3/c24-13-5-8-15(9-6-13)30-21(16-10-7-14(25)11-17(16)26)28-22-20(23(30)32)27-12-29(22)18-3-1-2-4-19(18)31(33)34/h1-12H. The minimum absolute atomic E-state index is 0.0296. The van der Waals surface area contributed by atoms with E-state index in [-0.39, 0.29) is 33.4 Å². The number of nitro groups is 1. The molecule has 5 aromatic rings. The second-order valence-corrected chi connectivity index (χ2v) is 8.49. The van der Waals surface area contributed by atoms with Gasteiger partial charge in [-0.3, -0.25) is 24.0 Å². The molecule has 2 heterocycles. The van der Waals surface area contributed by atoms with E-state index in [0.717, 1.165) is 0 Å². The second kappa shape index (κ2) is 8.57. The Kier molecular flexibility index (Phi) is 5.57. The summed E-state index contributed by atoms with van der Waals surface area (Å²) in [5.41, 5.74) is 0.689. The number of rotatable bonds is 4. The van der Waals surface area contributed by atoms with E-state index in [0.29, 0.717) is 21.3 Å². The average molecular weight is 513 g/mol. The molecule has 0 fully saturated rings. The largest absolute Gasteiger partial charge is 0.293 e. The molecule has 0 radical (unpaired) electrons. The van der Waals surface area contributed by atoms with Crippen molar-refractivity contribution in [2.45, 2.75) is 0 Å². The van der Waals surface area contributed by atoms with Gasteiger partial charge >= 0.3 is 0 Å². The molecular formula is C23H12Cl3N5O3. The molecule has 2 aromatic heterocycles. The van der Waals surface area contributed by atoms with Crippen molar-refractivity contribution < 1.29 is 4.92 Å². The summed E-state index contributed by atoms with van der Waals surface area (Å²) in [5.74, 6) is 0.210. The van der Waals surface area contributed by atoms with Gasteiger partial charge in [-0.25, -0.2) is 9.97 Å². The molecule has 0 aliphatic carbocycles. The molecule has 3 aromatic carbocycles. The number of hydrogen-bond donors (Lipinski definition) is 0. The van der Waals surface area contributed by atoms with E-state index >= 15 is 0 Å².